The first-order valence-electron chi connectivity index (χ1n) is 13.2. The van der Waals surface area contributed by atoms with Gasteiger partial charge in [0.25, 0.3) is 5.84 Å². The quantitative estimate of drug-likeness (QED) is 0.343. The van der Waals surface area contributed by atoms with E-state index in [1.54, 1.807) is 7.11 Å². The van der Waals surface area contributed by atoms with E-state index in [0.29, 0.717) is 18.2 Å². The van der Waals surface area contributed by atoms with Crippen molar-refractivity contribution in [3.05, 3.63) is 89.5 Å². The molecule has 1 N–H and O–H groups in total. The monoisotopic (exact) mass is 519 g/mol. The van der Waals surface area contributed by atoms with Gasteiger partial charge >= 0.3 is 6.19 Å². The molecule has 3 aromatic carbocycles. The van der Waals surface area contributed by atoms with Crippen LogP contribution < -0.4 is 19.5 Å². The van der Waals surface area contributed by atoms with Gasteiger partial charge in [-0.25, -0.2) is 0 Å². The molecule has 1 fully saturated rings. The normalized spacial score (nSPS) is 23.3. The maximum Gasteiger partial charge on any atom is 0.351 e. The fourth-order valence-electron chi connectivity index (χ4n) is 5.48. The molecule has 3 unspecified atom stereocenters. The summed E-state index contributed by atoms with van der Waals surface area (Å²) in [6.07, 6.45) is 6.69. The summed E-state index contributed by atoms with van der Waals surface area (Å²) >= 11 is 0. The van der Waals surface area contributed by atoms with Gasteiger partial charge in [0, 0.05) is 42.5 Å². The van der Waals surface area contributed by atoms with Crippen LogP contribution in [0.2, 0.25) is 0 Å². The number of hydrogen-bond donors (Lipinski definition) is 1. The van der Waals surface area contributed by atoms with Gasteiger partial charge in [0.2, 0.25) is 11.5 Å². The first-order chi connectivity index (χ1) is 19.0. The van der Waals surface area contributed by atoms with E-state index in [2.05, 4.69) is 54.5 Å². The zero-order valence-electron chi connectivity index (χ0n) is 22.3. The largest absolute Gasteiger partial charge is 0.497 e. The van der Waals surface area contributed by atoms with Crippen molar-refractivity contribution in [2.24, 2.45) is 10.1 Å². The van der Waals surface area contributed by atoms with E-state index in [1.165, 1.54) is 0 Å². The number of methoxy groups -OCH3 is 1. The molecule has 0 saturated carbocycles. The van der Waals surface area contributed by atoms with Gasteiger partial charge in [0.1, 0.15) is 11.4 Å². The molecular weight excluding hydrogens is 488 g/mol. The molecule has 3 aromatic rings. The molecule has 3 aliphatic rings. The van der Waals surface area contributed by atoms with Crippen LogP contribution in [0.5, 0.6) is 5.75 Å². The third-order valence-corrected chi connectivity index (χ3v) is 7.26. The third-order valence-electron chi connectivity index (χ3n) is 7.26. The topological polar surface area (TPSA) is 82.2 Å². The van der Waals surface area contributed by atoms with E-state index in [9.17, 15) is 5.26 Å². The van der Waals surface area contributed by atoms with Gasteiger partial charge in [-0.2, -0.15) is 4.99 Å². The zero-order valence-corrected chi connectivity index (χ0v) is 22.3. The van der Waals surface area contributed by atoms with Crippen molar-refractivity contribution >= 4 is 34.8 Å². The van der Waals surface area contributed by atoms with Gasteiger partial charge in [-0.1, -0.05) is 30.3 Å². The molecular formula is C31H31N6O2+. The lowest BCUT2D eigenvalue weighted by molar-refractivity contribution is -0.00521. The van der Waals surface area contributed by atoms with Crippen molar-refractivity contribution in [1.82, 2.24) is 4.59 Å². The van der Waals surface area contributed by atoms with Gasteiger partial charge in [-0.05, 0) is 71.6 Å². The Labute approximate surface area is 228 Å². The van der Waals surface area contributed by atoms with Crippen LogP contribution >= 0.6 is 0 Å². The highest BCUT2D eigenvalue weighted by Crippen LogP contribution is 2.45. The fraction of sp³-hybridized carbons (Fsp3) is 0.258. The van der Waals surface area contributed by atoms with Crippen LogP contribution in [-0.4, -0.2) is 44.1 Å². The highest BCUT2D eigenvalue weighted by Gasteiger charge is 2.49. The van der Waals surface area contributed by atoms with Gasteiger partial charge < -0.3 is 19.7 Å². The Bertz CT molecular complexity index is 1510. The molecule has 3 heterocycles. The average Bonchev–Trinajstić information content (AvgIpc) is 3.36. The SMILES string of the molecule is COc1ccc(C2=N[N+]3(C#N)C(=N2)C=Cc2cc(N4CC(C)OC(C)C4)cc(NCc4ccccc4)c23)cc1. The second-order valence-corrected chi connectivity index (χ2v) is 10.1. The Morgan fingerprint density at radius 3 is 2.49 bits per heavy atom. The Kier molecular flexibility index (Phi) is 6.39. The Hall–Kier alpha value is -4.45. The molecule has 0 amide bonds. The lowest BCUT2D eigenvalue weighted by Gasteiger charge is -2.37. The number of ether oxygens (including phenoxy) is 2. The second-order valence-electron chi connectivity index (χ2n) is 10.1. The summed E-state index contributed by atoms with van der Waals surface area (Å²) in [6.45, 7) is 6.43. The number of nitrogens with one attached hydrogen (secondary N) is 1. The minimum atomic E-state index is -0.361. The molecule has 39 heavy (non-hydrogen) atoms. The van der Waals surface area contributed by atoms with Crippen LogP contribution in [0, 0.1) is 11.5 Å². The molecule has 1 saturated heterocycles. The minimum Gasteiger partial charge on any atom is -0.497 e. The highest BCUT2D eigenvalue weighted by molar-refractivity contribution is 6.21. The van der Waals surface area contributed by atoms with Crippen LogP contribution in [0.4, 0.5) is 17.1 Å². The molecule has 0 spiro atoms. The van der Waals surface area contributed by atoms with Crippen LogP contribution in [-0.2, 0) is 11.3 Å². The van der Waals surface area contributed by atoms with Crippen molar-refractivity contribution in [3.63, 3.8) is 0 Å². The summed E-state index contributed by atoms with van der Waals surface area (Å²) in [4.78, 5) is 7.16. The number of hydrogen-bond acceptors (Lipinski definition) is 7. The number of fused-ring (bicyclic) bond motifs is 3. The van der Waals surface area contributed by atoms with E-state index in [-0.39, 0.29) is 16.8 Å². The average molecular weight is 520 g/mol. The molecule has 0 radical (unpaired) electrons. The second kappa shape index (κ2) is 10.0. The number of amidine groups is 2. The summed E-state index contributed by atoms with van der Waals surface area (Å²) in [5.41, 5.74) is 5.64. The van der Waals surface area contributed by atoms with E-state index >= 15 is 0 Å². The molecule has 0 aromatic heterocycles. The third kappa shape index (κ3) is 4.56. The maximum atomic E-state index is 10.7. The van der Waals surface area contributed by atoms with Gasteiger partial charge in [0.15, 0.2) is 0 Å². The van der Waals surface area contributed by atoms with Crippen LogP contribution in [0.15, 0.2) is 82.9 Å². The standard InChI is InChI=1S/C31H31N6O2/c1-21-18-36(19-22(2)39-21)26-15-25-11-14-29-34-31(24-9-12-27(38-3)13-10-24)35-37(29,20-32)30(25)28(16-26)33-17-23-7-5-4-6-8-23/h4-16,21-22,33H,17-19H2,1-3H3/q+1. The summed E-state index contributed by atoms with van der Waals surface area (Å²) < 4.78 is 10.9. The number of anilines is 2. The first kappa shape index (κ1) is 24.9. The van der Waals surface area contributed by atoms with Crippen molar-refractivity contribution in [1.29, 1.82) is 5.26 Å². The van der Waals surface area contributed by atoms with E-state index in [1.807, 2.05) is 54.6 Å². The van der Waals surface area contributed by atoms with Crippen LogP contribution in [0.1, 0.15) is 30.5 Å². The summed E-state index contributed by atoms with van der Waals surface area (Å²) in [7, 11) is 1.64. The van der Waals surface area contributed by atoms with Gasteiger partial charge in [0.05, 0.1) is 19.3 Å². The fourth-order valence-corrected chi connectivity index (χ4v) is 5.48. The van der Waals surface area contributed by atoms with Crippen molar-refractivity contribution in [2.75, 3.05) is 30.4 Å². The van der Waals surface area contributed by atoms with Crippen molar-refractivity contribution < 1.29 is 9.47 Å². The summed E-state index contributed by atoms with van der Waals surface area (Å²) in [5.74, 6) is 1.84. The maximum absolute atomic E-state index is 10.7. The Morgan fingerprint density at radius 1 is 1.05 bits per heavy atom. The smallest absolute Gasteiger partial charge is 0.351 e. The minimum absolute atomic E-state index is 0.132. The van der Waals surface area contributed by atoms with E-state index < -0.39 is 0 Å². The molecule has 8 nitrogen and oxygen atoms in total. The van der Waals surface area contributed by atoms with Crippen molar-refractivity contribution in [2.45, 2.75) is 32.6 Å². The van der Waals surface area contributed by atoms with E-state index in [4.69, 9.17) is 19.6 Å². The number of benzene rings is 3. The zero-order chi connectivity index (χ0) is 27.0. The van der Waals surface area contributed by atoms with Gasteiger partial charge in [-0.3, -0.25) is 0 Å². The Balaban J connectivity index is 1.46. The van der Waals surface area contributed by atoms with Gasteiger partial charge in [-0.15, -0.1) is 5.26 Å². The molecule has 6 rings (SSSR count). The Morgan fingerprint density at radius 2 is 1.79 bits per heavy atom. The number of nitrogens with zero attached hydrogens (tertiary/aromatic N) is 5. The first-order valence-corrected chi connectivity index (χ1v) is 13.2. The number of quaternary nitrogens is 1. The van der Waals surface area contributed by atoms with Crippen LogP contribution in [0.3, 0.4) is 0 Å². The predicted molar refractivity (Wildman–Crippen MR) is 156 cm³/mol. The molecule has 0 aliphatic carbocycles. The molecule has 3 atom stereocenters. The van der Waals surface area contributed by atoms with Crippen molar-refractivity contribution in [3.8, 4) is 11.9 Å². The molecule has 196 valence electrons. The summed E-state index contributed by atoms with van der Waals surface area (Å²) in [5, 5.41) is 19.2. The number of aliphatic imine (C=N–C) groups is 1. The molecule has 3 aliphatic heterocycles. The molecule has 8 heteroatoms. The number of morpholine rings is 1. The molecule has 0 bridgehead atoms. The lowest BCUT2D eigenvalue weighted by atomic mass is 10.0. The predicted octanol–water partition coefficient (Wildman–Crippen LogP) is 5.51. The number of nitriles is 1. The highest BCUT2D eigenvalue weighted by atomic mass is 16.5. The van der Waals surface area contributed by atoms with E-state index in [0.717, 1.165) is 52.6 Å². The lowest BCUT2D eigenvalue weighted by Crippen LogP contribution is -2.46. The van der Waals surface area contributed by atoms with Crippen LogP contribution in [0.25, 0.3) is 6.08 Å². The summed E-state index contributed by atoms with van der Waals surface area (Å²) in [6, 6.07) is 22.1. The number of rotatable bonds is 6.